The molecule has 2 aliphatic rings. The first kappa shape index (κ1) is 22.0. The molecule has 3 aromatic rings. The lowest BCUT2D eigenvalue weighted by Crippen LogP contribution is -2.47. The zero-order valence-electron chi connectivity index (χ0n) is 19.5. The Morgan fingerprint density at radius 1 is 1.15 bits per heavy atom. The standard InChI is InChI=1S/C26H28N4O4/c1-4-33-19-11-9-18(10-12-19)25-27-22(17(2)34-25)16-29-13-14-30-23(26(29)31)15-21(28-30)20-7-5-6-8-24(20)32-3/h5-14,21,23,28H,4,15-16H2,1-3H3. The zero-order chi connectivity index (χ0) is 23.7. The van der Waals surface area contributed by atoms with Crippen LogP contribution in [0.5, 0.6) is 11.5 Å². The number of nitrogens with one attached hydrogen (secondary N) is 1. The summed E-state index contributed by atoms with van der Waals surface area (Å²) in [7, 11) is 1.66. The molecule has 2 atom stereocenters. The van der Waals surface area contributed by atoms with Gasteiger partial charge in [-0.25, -0.2) is 10.4 Å². The van der Waals surface area contributed by atoms with Gasteiger partial charge >= 0.3 is 0 Å². The molecule has 1 aromatic heterocycles. The van der Waals surface area contributed by atoms with Crippen LogP contribution in [0.4, 0.5) is 0 Å². The summed E-state index contributed by atoms with van der Waals surface area (Å²) < 4.78 is 16.9. The first-order chi connectivity index (χ1) is 16.6. The fourth-order valence-corrected chi connectivity index (χ4v) is 4.44. The second-order valence-corrected chi connectivity index (χ2v) is 8.33. The largest absolute Gasteiger partial charge is 0.496 e. The molecule has 1 saturated heterocycles. The van der Waals surface area contributed by atoms with Crippen LogP contribution in [0.3, 0.4) is 0 Å². The van der Waals surface area contributed by atoms with Gasteiger partial charge in [0.05, 0.1) is 26.3 Å². The highest BCUT2D eigenvalue weighted by molar-refractivity contribution is 5.84. The molecule has 1 amide bonds. The van der Waals surface area contributed by atoms with Crippen LogP contribution in [-0.2, 0) is 11.3 Å². The average Bonchev–Trinajstić information content (AvgIpc) is 3.46. The lowest BCUT2D eigenvalue weighted by atomic mass is 10.00. The quantitative estimate of drug-likeness (QED) is 0.566. The minimum atomic E-state index is -0.294. The molecular formula is C26H28N4O4. The van der Waals surface area contributed by atoms with Crippen LogP contribution >= 0.6 is 0 Å². The lowest BCUT2D eigenvalue weighted by Gasteiger charge is -2.31. The van der Waals surface area contributed by atoms with Gasteiger partial charge in [0.1, 0.15) is 29.0 Å². The van der Waals surface area contributed by atoms with Crippen LogP contribution in [0, 0.1) is 6.92 Å². The van der Waals surface area contributed by atoms with Gasteiger partial charge in [0.15, 0.2) is 0 Å². The molecule has 34 heavy (non-hydrogen) atoms. The summed E-state index contributed by atoms with van der Waals surface area (Å²) in [6.07, 6.45) is 4.35. The summed E-state index contributed by atoms with van der Waals surface area (Å²) in [6, 6.07) is 15.2. The predicted molar refractivity (Wildman–Crippen MR) is 127 cm³/mol. The lowest BCUT2D eigenvalue weighted by molar-refractivity contribution is -0.135. The second kappa shape index (κ2) is 9.23. The summed E-state index contributed by atoms with van der Waals surface area (Å²) in [5.74, 6) is 2.87. The van der Waals surface area contributed by atoms with Crippen LogP contribution in [0.15, 0.2) is 65.3 Å². The maximum Gasteiger partial charge on any atom is 0.251 e. The van der Waals surface area contributed by atoms with Crippen molar-refractivity contribution >= 4 is 5.91 Å². The molecule has 2 aromatic carbocycles. The predicted octanol–water partition coefficient (Wildman–Crippen LogP) is 4.19. The third-order valence-electron chi connectivity index (χ3n) is 6.21. The Bertz CT molecular complexity index is 1200. The van der Waals surface area contributed by atoms with E-state index in [1.807, 2.05) is 73.6 Å². The summed E-state index contributed by atoms with van der Waals surface area (Å²) in [4.78, 5) is 19.7. The number of aromatic nitrogens is 1. The Balaban J connectivity index is 1.30. The van der Waals surface area contributed by atoms with Crippen molar-refractivity contribution in [2.75, 3.05) is 13.7 Å². The van der Waals surface area contributed by atoms with E-state index >= 15 is 0 Å². The van der Waals surface area contributed by atoms with E-state index in [0.717, 1.165) is 28.3 Å². The number of aryl methyl sites for hydroxylation is 1. The molecule has 2 aliphatic heterocycles. The highest BCUT2D eigenvalue weighted by Crippen LogP contribution is 2.35. The van der Waals surface area contributed by atoms with E-state index in [0.29, 0.717) is 31.2 Å². The number of hydrogen-bond donors (Lipinski definition) is 1. The molecule has 0 spiro atoms. The van der Waals surface area contributed by atoms with Gasteiger partial charge in [0, 0.05) is 23.5 Å². The number of benzene rings is 2. The van der Waals surface area contributed by atoms with E-state index in [4.69, 9.17) is 13.9 Å². The van der Waals surface area contributed by atoms with E-state index < -0.39 is 0 Å². The van der Waals surface area contributed by atoms with Crippen molar-refractivity contribution in [3.8, 4) is 23.0 Å². The number of hydrazine groups is 1. The Morgan fingerprint density at radius 2 is 1.94 bits per heavy atom. The number of nitrogens with zero attached hydrogens (tertiary/aromatic N) is 3. The van der Waals surface area contributed by atoms with Crippen molar-refractivity contribution in [1.29, 1.82) is 0 Å². The van der Waals surface area contributed by atoms with Crippen LogP contribution in [0.25, 0.3) is 11.5 Å². The van der Waals surface area contributed by atoms with Gasteiger partial charge in [-0.2, -0.15) is 0 Å². The molecule has 1 N–H and O–H groups in total. The van der Waals surface area contributed by atoms with Gasteiger partial charge in [-0.05, 0) is 50.6 Å². The van der Waals surface area contributed by atoms with E-state index in [-0.39, 0.29) is 18.0 Å². The minimum Gasteiger partial charge on any atom is -0.496 e. The molecule has 0 aliphatic carbocycles. The molecule has 176 valence electrons. The molecule has 1 fully saturated rings. The number of fused-ring (bicyclic) bond motifs is 1. The fourth-order valence-electron chi connectivity index (χ4n) is 4.44. The molecular weight excluding hydrogens is 432 g/mol. The van der Waals surface area contributed by atoms with Crippen molar-refractivity contribution in [3.63, 3.8) is 0 Å². The van der Waals surface area contributed by atoms with E-state index in [1.165, 1.54) is 0 Å². The van der Waals surface area contributed by atoms with Gasteiger partial charge in [-0.15, -0.1) is 0 Å². The molecule has 5 rings (SSSR count). The summed E-state index contributed by atoms with van der Waals surface area (Å²) in [5, 5.41) is 1.89. The number of carbonyl (C=O) groups excluding carboxylic acids is 1. The highest BCUT2D eigenvalue weighted by Gasteiger charge is 2.41. The van der Waals surface area contributed by atoms with Gasteiger partial charge in [-0.3, -0.25) is 4.79 Å². The first-order valence-electron chi connectivity index (χ1n) is 11.4. The van der Waals surface area contributed by atoms with E-state index in [2.05, 4.69) is 10.4 Å². The number of methoxy groups -OCH3 is 1. The number of oxazole rings is 1. The number of amides is 1. The van der Waals surface area contributed by atoms with Crippen molar-refractivity contribution in [2.45, 2.75) is 38.9 Å². The Kier molecular flexibility index (Phi) is 5.98. The number of para-hydroxylation sites is 1. The molecule has 8 heteroatoms. The molecule has 0 radical (unpaired) electrons. The second-order valence-electron chi connectivity index (χ2n) is 8.33. The van der Waals surface area contributed by atoms with Gasteiger partial charge in [-0.1, -0.05) is 18.2 Å². The van der Waals surface area contributed by atoms with Crippen molar-refractivity contribution in [3.05, 3.63) is 77.9 Å². The van der Waals surface area contributed by atoms with Crippen molar-refractivity contribution in [2.24, 2.45) is 0 Å². The van der Waals surface area contributed by atoms with Gasteiger partial charge < -0.3 is 23.8 Å². The van der Waals surface area contributed by atoms with Crippen molar-refractivity contribution < 1.29 is 18.7 Å². The third kappa shape index (κ3) is 4.12. The smallest absolute Gasteiger partial charge is 0.251 e. The topological polar surface area (TPSA) is 80.1 Å². The number of carbonyl (C=O) groups is 1. The van der Waals surface area contributed by atoms with Crippen LogP contribution in [0.1, 0.15) is 36.4 Å². The SMILES string of the molecule is CCOc1ccc(-c2nc(CN3C=CN4NC(c5ccccc5OC)CC4C3=O)c(C)o2)cc1. The zero-order valence-corrected chi connectivity index (χ0v) is 19.5. The van der Waals surface area contributed by atoms with Crippen molar-refractivity contribution in [1.82, 2.24) is 20.3 Å². The van der Waals surface area contributed by atoms with Gasteiger partial charge in [0.25, 0.3) is 5.91 Å². The van der Waals surface area contributed by atoms with Crippen LogP contribution in [-0.4, -0.2) is 40.6 Å². The average molecular weight is 461 g/mol. The summed E-state index contributed by atoms with van der Waals surface area (Å²) in [5.41, 5.74) is 6.07. The molecule has 3 heterocycles. The molecule has 8 nitrogen and oxygen atoms in total. The van der Waals surface area contributed by atoms with Gasteiger partial charge in [0.2, 0.25) is 5.89 Å². The van der Waals surface area contributed by atoms with Crippen LogP contribution in [0.2, 0.25) is 0 Å². The third-order valence-corrected chi connectivity index (χ3v) is 6.21. The summed E-state index contributed by atoms with van der Waals surface area (Å²) in [6.45, 7) is 4.80. The summed E-state index contributed by atoms with van der Waals surface area (Å²) >= 11 is 0. The maximum absolute atomic E-state index is 13.3. The number of hydrogen-bond acceptors (Lipinski definition) is 7. The van der Waals surface area contributed by atoms with E-state index in [1.54, 1.807) is 18.2 Å². The van der Waals surface area contributed by atoms with Crippen LogP contribution < -0.4 is 14.9 Å². The Morgan fingerprint density at radius 3 is 2.71 bits per heavy atom. The molecule has 2 unspecified atom stereocenters. The van der Waals surface area contributed by atoms with E-state index in [9.17, 15) is 4.79 Å². The first-order valence-corrected chi connectivity index (χ1v) is 11.4. The molecule has 0 bridgehead atoms. The monoisotopic (exact) mass is 460 g/mol. The maximum atomic E-state index is 13.3. The minimum absolute atomic E-state index is 0.00486. The number of rotatable bonds is 7. The highest BCUT2D eigenvalue weighted by atomic mass is 16.5. The molecule has 0 saturated carbocycles. The Labute approximate surface area is 198 Å². The normalized spacial score (nSPS) is 19.4. The Hall–Kier alpha value is -3.78. The fraction of sp³-hybridized carbons (Fsp3) is 0.308. The number of ether oxygens (including phenoxy) is 2.